The smallest absolute Gasteiger partial charge is 0.311 e. The molecule has 0 spiro atoms. The molecule has 2 rings (SSSR count). The minimum Gasteiger partial charge on any atom is -0.496 e. The Morgan fingerprint density at radius 3 is 2.43 bits per heavy atom. The molecule has 2 aromatic carbocycles. The summed E-state index contributed by atoms with van der Waals surface area (Å²) in [4.78, 5) is 22.7. The highest BCUT2D eigenvalue weighted by molar-refractivity contribution is 5.95. The standard InChI is InChI=1S/C19H21N3O6/c1-4-9-28-15-7-5-13(6-8-15)19(23)21-20-12-14-10-16(22(24)25)18(27-3)11-17(14)26-2/h5-8,10-12H,4,9H2,1-3H3,(H,21,23)/b20-12-. The SMILES string of the molecule is CCCOc1ccc(C(=O)N/N=C\c2cc([N+](=O)[O-])c(OC)cc2OC)cc1. The first-order chi connectivity index (χ1) is 13.5. The summed E-state index contributed by atoms with van der Waals surface area (Å²) < 4.78 is 15.6. The Hall–Kier alpha value is -3.62. The lowest BCUT2D eigenvalue weighted by Gasteiger charge is -2.08. The predicted octanol–water partition coefficient (Wildman–Crippen LogP) is 3.16. The van der Waals surface area contributed by atoms with Crippen molar-refractivity contribution in [2.24, 2.45) is 5.10 Å². The van der Waals surface area contributed by atoms with E-state index in [2.05, 4.69) is 10.5 Å². The third kappa shape index (κ3) is 5.19. The third-order valence-corrected chi connectivity index (χ3v) is 3.69. The van der Waals surface area contributed by atoms with Crippen molar-refractivity contribution in [2.45, 2.75) is 13.3 Å². The third-order valence-electron chi connectivity index (χ3n) is 3.69. The maximum Gasteiger partial charge on any atom is 0.311 e. The topological polar surface area (TPSA) is 112 Å². The van der Waals surface area contributed by atoms with Crippen LogP contribution in [-0.2, 0) is 0 Å². The number of methoxy groups -OCH3 is 2. The predicted molar refractivity (Wildman–Crippen MR) is 103 cm³/mol. The molecule has 0 saturated carbocycles. The van der Waals surface area contributed by atoms with Gasteiger partial charge in [-0.2, -0.15) is 5.10 Å². The number of carbonyl (C=O) groups is 1. The fourth-order valence-electron chi connectivity index (χ4n) is 2.30. The average Bonchev–Trinajstić information content (AvgIpc) is 2.71. The van der Waals surface area contributed by atoms with Gasteiger partial charge >= 0.3 is 5.69 Å². The fraction of sp³-hybridized carbons (Fsp3) is 0.263. The molecular weight excluding hydrogens is 366 g/mol. The van der Waals surface area contributed by atoms with E-state index in [1.165, 1.54) is 32.6 Å². The lowest BCUT2D eigenvalue weighted by atomic mass is 10.1. The van der Waals surface area contributed by atoms with E-state index in [1.54, 1.807) is 24.3 Å². The average molecular weight is 387 g/mol. The number of nitro benzene ring substituents is 1. The normalized spacial score (nSPS) is 10.5. The molecule has 9 heteroatoms. The molecule has 0 unspecified atom stereocenters. The number of hydrazone groups is 1. The van der Waals surface area contributed by atoms with Gasteiger partial charge in [0.1, 0.15) is 11.5 Å². The van der Waals surface area contributed by atoms with Gasteiger partial charge < -0.3 is 14.2 Å². The number of nitrogens with zero attached hydrogens (tertiary/aromatic N) is 2. The van der Waals surface area contributed by atoms with Crippen LogP contribution in [0.2, 0.25) is 0 Å². The number of rotatable bonds is 9. The van der Waals surface area contributed by atoms with E-state index < -0.39 is 10.8 Å². The van der Waals surface area contributed by atoms with Gasteiger partial charge in [-0.1, -0.05) is 6.92 Å². The monoisotopic (exact) mass is 387 g/mol. The van der Waals surface area contributed by atoms with Crippen LogP contribution in [0.5, 0.6) is 17.2 Å². The van der Waals surface area contributed by atoms with Crippen LogP contribution in [-0.4, -0.2) is 37.9 Å². The molecule has 0 fully saturated rings. The lowest BCUT2D eigenvalue weighted by molar-refractivity contribution is -0.385. The molecule has 1 N–H and O–H groups in total. The maximum absolute atomic E-state index is 12.2. The number of nitrogens with one attached hydrogen (secondary N) is 1. The number of ether oxygens (including phenoxy) is 3. The number of nitro groups is 1. The van der Waals surface area contributed by atoms with Crippen LogP contribution in [0.1, 0.15) is 29.3 Å². The summed E-state index contributed by atoms with van der Waals surface area (Å²) >= 11 is 0. The van der Waals surface area contributed by atoms with Crippen molar-refractivity contribution in [1.82, 2.24) is 5.43 Å². The molecule has 0 aliphatic heterocycles. The van der Waals surface area contributed by atoms with Crippen molar-refractivity contribution >= 4 is 17.8 Å². The number of benzene rings is 2. The molecule has 2 aromatic rings. The van der Waals surface area contributed by atoms with Crippen molar-refractivity contribution in [3.8, 4) is 17.2 Å². The molecular formula is C19H21N3O6. The van der Waals surface area contributed by atoms with Gasteiger partial charge in [-0.3, -0.25) is 14.9 Å². The van der Waals surface area contributed by atoms with Crippen LogP contribution in [0, 0.1) is 10.1 Å². The molecule has 148 valence electrons. The maximum atomic E-state index is 12.2. The van der Waals surface area contributed by atoms with Gasteiger partial charge in [-0.05, 0) is 30.7 Å². The second kappa shape index (κ2) is 9.91. The van der Waals surface area contributed by atoms with Crippen LogP contribution in [0.3, 0.4) is 0 Å². The summed E-state index contributed by atoms with van der Waals surface area (Å²) in [5, 5.41) is 15.0. The Kier molecular flexibility index (Phi) is 7.32. The summed E-state index contributed by atoms with van der Waals surface area (Å²) in [6.45, 7) is 2.61. The van der Waals surface area contributed by atoms with Crippen LogP contribution >= 0.6 is 0 Å². The zero-order valence-corrected chi connectivity index (χ0v) is 15.8. The number of amides is 1. The van der Waals surface area contributed by atoms with Gasteiger partial charge in [0, 0.05) is 23.3 Å². The second-order valence-electron chi connectivity index (χ2n) is 5.60. The van der Waals surface area contributed by atoms with Gasteiger partial charge in [0.15, 0.2) is 0 Å². The number of carbonyl (C=O) groups excluding carboxylic acids is 1. The van der Waals surface area contributed by atoms with E-state index in [-0.39, 0.29) is 11.4 Å². The molecule has 0 aromatic heterocycles. The summed E-state index contributed by atoms with van der Waals surface area (Å²) in [7, 11) is 2.74. The van der Waals surface area contributed by atoms with E-state index >= 15 is 0 Å². The van der Waals surface area contributed by atoms with Gasteiger partial charge in [-0.25, -0.2) is 5.43 Å². The first-order valence-corrected chi connectivity index (χ1v) is 8.46. The highest BCUT2D eigenvalue weighted by Crippen LogP contribution is 2.33. The van der Waals surface area contributed by atoms with E-state index in [4.69, 9.17) is 14.2 Å². The zero-order valence-electron chi connectivity index (χ0n) is 15.8. The Bertz CT molecular complexity index is 865. The zero-order chi connectivity index (χ0) is 20.5. The molecule has 0 radical (unpaired) electrons. The molecule has 0 bridgehead atoms. The largest absolute Gasteiger partial charge is 0.496 e. The van der Waals surface area contributed by atoms with Crippen LogP contribution in [0.15, 0.2) is 41.5 Å². The van der Waals surface area contributed by atoms with E-state index in [0.717, 1.165) is 6.42 Å². The van der Waals surface area contributed by atoms with Crippen molar-refractivity contribution in [1.29, 1.82) is 0 Å². The van der Waals surface area contributed by atoms with Crippen LogP contribution in [0.25, 0.3) is 0 Å². The second-order valence-corrected chi connectivity index (χ2v) is 5.60. The summed E-state index contributed by atoms with van der Waals surface area (Å²) in [6.07, 6.45) is 2.16. The molecule has 9 nitrogen and oxygen atoms in total. The summed E-state index contributed by atoms with van der Waals surface area (Å²) in [6, 6.07) is 9.28. The Morgan fingerprint density at radius 2 is 1.86 bits per heavy atom. The van der Waals surface area contributed by atoms with Crippen molar-refractivity contribution < 1.29 is 23.9 Å². The highest BCUT2D eigenvalue weighted by atomic mass is 16.6. The molecule has 0 heterocycles. The van der Waals surface area contributed by atoms with E-state index in [9.17, 15) is 14.9 Å². The lowest BCUT2D eigenvalue weighted by Crippen LogP contribution is -2.17. The number of hydrogen-bond donors (Lipinski definition) is 1. The Balaban J connectivity index is 2.12. The van der Waals surface area contributed by atoms with E-state index in [0.29, 0.717) is 29.2 Å². The highest BCUT2D eigenvalue weighted by Gasteiger charge is 2.18. The molecule has 0 aliphatic carbocycles. The van der Waals surface area contributed by atoms with Gasteiger partial charge in [-0.15, -0.1) is 0 Å². The number of hydrogen-bond acceptors (Lipinski definition) is 7. The van der Waals surface area contributed by atoms with Crippen LogP contribution < -0.4 is 19.6 Å². The van der Waals surface area contributed by atoms with Gasteiger partial charge in [0.05, 0.1) is 32.0 Å². The quantitative estimate of drug-likeness (QED) is 0.402. The van der Waals surface area contributed by atoms with E-state index in [1.807, 2.05) is 6.92 Å². The Morgan fingerprint density at radius 1 is 1.18 bits per heavy atom. The van der Waals surface area contributed by atoms with Crippen LogP contribution in [0.4, 0.5) is 5.69 Å². The molecule has 0 saturated heterocycles. The summed E-state index contributed by atoms with van der Waals surface area (Å²) in [5.41, 5.74) is 2.85. The Labute approximate surface area is 162 Å². The van der Waals surface area contributed by atoms with Gasteiger partial charge in [0.25, 0.3) is 5.91 Å². The molecule has 0 aliphatic rings. The molecule has 0 atom stereocenters. The van der Waals surface area contributed by atoms with Crippen molar-refractivity contribution in [3.05, 3.63) is 57.6 Å². The first kappa shape index (κ1) is 20.7. The fourth-order valence-corrected chi connectivity index (χ4v) is 2.30. The van der Waals surface area contributed by atoms with Crippen molar-refractivity contribution in [2.75, 3.05) is 20.8 Å². The molecule has 1 amide bonds. The summed E-state index contributed by atoms with van der Waals surface area (Å²) in [5.74, 6) is 0.628. The minimum absolute atomic E-state index is 0.0633. The van der Waals surface area contributed by atoms with Crippen molar-refractivity contribution in [3.63, 3.8) is 0 Å². The van der Waals surface area contributed by atoms with Gasteiger partial charge in [0.2, 0.25) is 5.75 Å². The first-order valence-electron chi connectivity index (χ1n) is 8.46. The minimum atomic E-state index is -0.573. The molecule has 28 heavy (non-hydrogen) atoms.